The molecule has 2 saturated heterocycles. The van der Waals surface area contributed by atoms with Crippen LogP contribution in [0, 0.1) is 11.8 Å². The van der Waals surface area contributed by atoms with Gasteiger partial charge in [0.05, 0.1) is 0 Å². The van der Waals surface area contributed by atoms with Crippen molar-refractivity contribution in [2.75, 3.05) is 33.2 Å². The van der Waals surface area contributed by atoms with Crippen LogP contribution < -0.4 is 0 Å². The van der Waals surface area contributed by atoms with E-state index in [1.54, 1.807) is 20.8 Å². The van der Waals surface area contributed by atoms with Crippen LogP contribution in [0.2, 0.25) is 0 Å². The number of carbonyl (C=O) groups is 3. The molecule has 0 saturated carbocycles. The molecular weight excluding hydrogens is 458 g/mol. The maximum atomic E-state index is 13.8. The van der Waals surface area contributed by atoms with Crippen LogP contribution in [0.15, 0.2) is 30.3 Å². The SMILES string of the molecule is CN1CCC(C2CCN(C(=O)[C@@H](CCC(=O)O)N(Cc3ccccc3)C(=O)OC(C)(C)C)CC2)CC1. The summed E-state index contributed by atoms with van der Waals surface area (Å²) in [6, 6.07) is 8.54. The molecule has 1 atom stereocenters. The van der Waals surface area contributed by atoms with Gasteiger partial charge in [-0.2, -0.15) is 0 Å². The molecule has 1 N–H and O–H groups in total. The third-order valence-electron chi connectivity index (χ3n) is 7.40. The van der Waals surface area contributed by atoms with E-state index in [0.717, 1.165) is 31.5 Å². The van der Waals surface area contributed by atoms with E-state index in [2.05, 4.69) is 11.9 Å². The van der Waals surface area contributed by atoms with Crippen molar-refractivity contribution in [3.8, 4) is 0 Å². The Morgan fingerprint density at radius 2 is 1.56 bits per heavy atom. The lowest BCUT2D eigenvalue weighted by Gasteiger charge is -2.41. The first kappa shape index (κ1) is 28.0. The molecule has 3 rings (SSSR count). The molecule has 0 aromatic heterocycles. The van der Waals surface area contributed by atoms with Gasteiger partial charge in [-0.3, -0.25) is 14.5 Å². The highest BCUT2D eigenvalue weighted by atomic mass is 16.6. The topological polar surface area (TPSA) is 90.4 Å². The lowest BCUT2D eigenvalue weighted by atomic mass is 9.79. The number of carboxylic acids is 1. The highest BCUT2D eigenvalue weighted by Crippen LogP contribution is 2.33. The van der Waals surface area contributed by atoms with Gasteiger partial charge in [-0.05, 0) is 90.4 Å². The van der Waals surface area contributed by atoms with Gasteiger partial charge in [0.15, 0.2) is 0 Å². The molecule has 8 heteroatoms. The number of amides is 2. The second-order valence-electron chi connectivity index (χ2n) is 11.3. The average Bonchev–Trinajstić information content (AvgIpc) is 2.83. The first-order valence-corrected chi connectivity index (χ1v) is 13.3. The van der Waals surface area contributed by atoms with Crippen LogP contribution in [0.1, 0.15) is 64.9 Å². The number of carbonyl (C=O) groups excluding carboxylic acids is 2. The van der Waals surface area contributed by atoms with Gasteiger partial charge in [0.25, 0.3) is 0 Å². The zero-order valence-electron chi connectivity index (χ0n) is 22.3. The molecule has 0 radical (unpaired) electrons. The van der Waals surface area contributed by atoms with Crippen molar-refractivity contribution < 1.29 is 24.2 Å². The Bertz CT molecular complexity index is 869. The predicted molar refractivity (Wildman–Crippen MR) is 138 cm³/mol. The molecule has 0 unspecified atom stereocenters. The van der Waals surface area contributed by atoms with Gasteiger partial charge >= 0.3 is 12.1 Å². The van der Waals surface area contributed by atoms with Crippen molar-refractivity contribution in [3.05, 3.63) is 35.9 Å². The van der Waals surface area contributed by atoms with E-state index >= 15 is 0 Å². The van der Waals surface area contributed by atoms with Crippen LogP contribution in [0.5, 0.6) is 0 Å². The predicted octanol–water partition coefficient (Wildman–Crippen LogP) is 4.24. The molecule has 0 spiro atoms. The summed E-state index contributed by atoms with van der Waals surface area (Å²) >= 11 is 0. The summed E-state index contributed by atoms with van der Waals surface area (Å²) in [5.41, 5.74) is 0.121. The third-order valence-corrected chi connectivity index (χ3v) is 7.40. The van der Waals surface area contributed by atoms with E-state index in [9.17, 15) is 19.5 Å². The Kier molecular flexibility index (Phi) is 9.77. The zero-order chi connectivity index (χ0) is 26.3. The molecular formula is C28H43N3O5. The monoisotopic (exact) mass is 501 g/mol. The molecule has 0 aliphatic carbocycles. The summed E-state index contributed by atoms with van der Waals surface area (Å²) in [6.07, 6.45) is 3.58. The van der Waals surface area contributed by atoms with Crippen LogP contribution in [0.4, 0.5) is 4.79 Å². The summed E-state index contributed by atoms with van der Waals surface area (Å²) in [6.45, 7) is 9.09. The second-order valence-corrected chi connectivity index (χ2v) is 11.3. The minimum absolute atomic E-state index is 0.0507. The smallest absolute Gasteiger partial charge is 0.411 e. The van der Waals surface area contributed by atoms with E-state index in [-0.39, 0.29) is 25.3 Å². The third kappa shape index (κ3) is 8.22. The molecule has 2 heterocycles. The lowest BCUT2D eigenvalue weighted by Crippen LogP contribution is -2.53. The summed E-state index contributed by atoms with van der Waals surface area (Å²) in [5.74, 6) is 0.154. The van der Waals surface area contributed by atoms with Crippen LogP contribution in [0.25, 0.3) is 0 Å². The van der Waals surface area contributed by atoms with Crippen LogP contribution in [-0.4, -0.2) is 82.6 Å². The molecule has 2 aliphatic heterocycles. The van der Waals surface area contributed by atoms with Crippen molar-refractivity contribution in [1.29, 1.82) is 0 Å². The van der Waals surface area contributed by atoms with Gasteiger partial charge in [-0.15, -0.1) is 0 Å². The molecule has 2 aliphatic rings. The van der Waals surface area contributed by atoms with Crippen LogP contribution >= 0.6 is 0 Å². The van der Waals surface area contributed by atoms with Gasteiger partial charge < -0.3 is 19.6 Å². The number of hydrogen-bond donors (Lipinski definition) is 1. The molecule has 2 fully saturated rings. The Labute approximate surface area is 215 Å². The number of hydrogen-bond acceptors (Lipinski definition) is 5. The zero-order valence-corrected chi connectivity index (χ0v) is 22.3. The number of ether oxygens (including phenoxy) is 1. The van der Waals surface area contributed by atoms with Gasteiger partial charge in [0.1, 0.15) is 11.6 Å². The maximum absolute atomic E-state index is 13.8. The van der Waals surface area contributed by atoms with E-state index < -0.39 is 23.7 Å². The van der Waals surface area contributed by atoms with Crippen molar-refractivity contribution in [2.24, 2.45) is 11.8 Å². The van der Waals surface area contributed by atoms with Crippen molar-refractivity contribution in [1.82, 2.24) is 14.7 Å². The highest BCUT2D eigenvalue weighted by molar-refractivity contribution is 5.86. The first-order chi connectivity index (χ1) is 17.0. The molecule has 1 aromatic carbocycles. The largest absolute Gasteiger partial charge is 0.481 e. The molecule has 0 bridgehead atoms. The Hall–Kier alpha value is -2.61. The summed E-state index contributed by atoms with van der Waals surface area (Å²) in [7, 11) is 2.17. The number of piperidine rings is 2. The first-order valence-electron chi connectivity index (χ1n) is 13.3. The summed E-state index contributed by atoms with van der Waals surface area (Å²) < 4.78 is 5.67. The number of nitrogens with zero attached hydrogens (tertiary/aromatic N) is 3. The Balaban J connectivity index is 1.76. The molecule has 200 valence electrons. The Morgan fingerprint density at radius 1 is 1.00 bits per heavy atom. The molecule has 1 aromatic rings. The van der Waals surface area contributed by atoms with Crippen LogP contribution in [0.3, 0.4) is 0 Å². The molecule has 2 amide bonds. The van der Waals surface area contributed by atoms with Crippen molar-refractivity contribution >= 4 is 18.0 Å². The number of rotatable bonds is 8. The number of likely N-dealkylation sites (tertiary alicyclic amines) is 2. The van der Waals surface area contributed by atoms with Crippen molar-refractivity contribution in [2.45, 2.75) is 77.5 Å². The van der Waals surface area contributed by atoms with Crippen molar-refractivity contribution in [3.63, 3.8) is 0 Å². The minimum Gasteiger partial charge on any atom is -0.481 e. The number of benzene rings is 1. The standard InChI is InChI=1S/C28H43N3O5/c1-28(2,3)36-27(35)31(20-21-8-6-5-7-9-21)24(10-11-25(32)33)26(34)30-18-14-23(15-19-30)22-12-16-29(4)17-13-22/h5-9,22-24H,10-20H2,1-4H3,(H,32,33)/t24-/m1/s1. The van der Waals surface area contributed by atoms with Gasteiger partial charge in [0.2, 0.25) is 5.91 Å². The molecule has 8 nitrogen and oxygen atoms in total. The molecule has 36 heavy (non-hydrogen) atoms. The number of aliphatic carboxylic acids is 1. The fourth-order valence-electron chi connectivity index (χ4n) is 5.38. The maximum Gasteiger partial charge on any atom is 0.411 e. The fourth-order valence-corrected chi connectivity index (χ4v) is 5.38. The Morgan fingerprint density at radius 3 is 2.08 bits per heavy atom. The van der Waals surface area contributed by atoms with E-state index in [1.807, 2.05) is 35.2 Å². The quantitative estimate of drug-likeness (QED) is 0.573. The minimum atomic E-state index is -0.988. The van der Waals surface area contributed by atoms with Gasteiger partial charge in [0, 0.05) is 26.1 Å². The summed E-state index contributed by atoms with van der Waals surface area (Å²) in [5, 5.41) is 9.39. The summed E-state index contributed by atoms with van der Waals surface area (Å²) in [4.78, 5) is 44.2. The fraction of sp³-hybridized carbons (Fsp3) is 0.679. The number of carboxylic acid groups (broad SMARTS) is 1. The lowest BCUT2D eigenvalue weighted by molar-refractivity contribution is -0.141. The van der Waals surface area contributed by atoms with E-state index in [1.165, 1.54) is 17.7 Å². The highest BCUT2D eigenvalue weighted by Gasteiger charge is 2.38. The van der Waals surface area contributed by atoms with E-state index in [0.29, 0.717) is 24.9 Å². The normalized spacial score (nSPS) is 19.1. The van der Waals surface area contributed by atoms with Gasteiger partial charge in [-0.25, -0.2) is 4.79 Å². The van der Waals surface area contributed by atoms with E-state index in [4.69, 9.17) is 4.74 Å². The van der Waals surface area contributed by atoms with Crippen LogP contribution in [-0.2, 0) is 20.9 Å². The second kappa shape index (κ2) is 12.6. The van der Waals surface area contributed by atoms with Gasteiger partial charge in [-0.1, -0.05) is 30.3 Å². The average molecular weight is 502 g/mol.